The number of fused-ring (bicyclic) bond motifs is 1. The van der Waals surface area contributed by atoms with Gasteiger partial charge in [-0.25, -0.2) is 0 Å². The second-order valence-electron chi connectivity index (χ2n) is 7.39. The molecule has 2 atom stereocenters. The Morgan fingerprint density at radius 3 is 2.55 bits per heavy atom. The second-order valence-corrected chi connectivity index (χ2v) is 7.39. The van der Waals surface area contributed by atoms with E-state index in [1.165, 1.54) is 6.92 Å². The van der Waals surface area contributed by atoms with Gasteiger partial charge in [-0.2, -0.15) is 0 Å². The molecule has 31 heavy (non-hydrogen) atoms. The molecule has 2 amide bonds. The van der Waals surface area contributed by atoms with Gasteiger partial charge in [0.25, 0.3) is 0 Å². The first-order valence-electron chi connectivity index (χ1n) is 10.3. The van der Waals surface area contributed by atoms with E-state index in [0.29, 0.717) is 30.8 Å². The molecule has 0 saturated heterocycles. The molecule has 0 aromatic heterocycles. The average molecular weight is 435 g/mol. The lowest BCUT2D eigenvalue weighted by atomic mass is 10.1. The number of benzene rings is 1. The van der Waals surface area contributed by atoms with Crippen LogP contribution >= 0.6 is 0 Å². The molecule has 4 N–H and O–H groups in total. The minimum Gasteiger partial charge on any atom is -0.489 e. The third-order valence-electron chi connectivity index (χ3n) is 4.91. The summed E-state index contributed by atoms with van der Waals surface area (Å²) in [5, 5.41) is 24.3. The van der Waals surface area contributed by atoms with Crippen molar-refractivity contribution in [1.29, 1.82) is 0 Å². The minimum atomic E-state index is -1.18. The molecule has 0 radical (unpaired) electrons. The van der Waals surface area contributed by atoms with Crippen LogP contribution in [0.25, 0.3) is 0 Å². The van der Waals surface area contributed by atoms with Crippen molar-refractivity contribution in [2.45, 2.75) is 51.1 Å². The van der Waals surface area contributed by atoms with Crippen molar-refractivity contribution in [1.82, 2.24) is 10.6 Å². The van der Waals surface area contributed by atoms with Crippen LogP contribution in [0.3, 0.4) is 0 Å². The number of carboxylic acids is 2. The summed E-state index contributed by atoms with van der Waals surface area (Å²) < 4.78 is 5.67. The second kappa shape index (κ2) is 11.9. The van der Waals surface area contributed by atoms with Gasteiger partial charge in [-0.1, -0.05) is 31.4 Å². The van der Waals surface area contributed by atoms with E-state index in [-0.39, 0.29) is 12.5 Å². The van der Waals surface area contributed by atoms with Gasteiger partial charge in [0.15, 0.2) is 0 Å². The summed E-state index contributed by atoms with van der Waals surface area (Å²) in [6, 6.07) is 4.64. The van der Waals surface area contributed by atoms with Gasteiger partial charge in [-0.3, -0.25) is 29.4 Å². The van der Waals surface area contributed by atoms with Gasteiger partial charge in [0.1, 0.15) is 31.0 Å². The highest BCUT2D eigenvalue weighted by atomic mass is 16.5. The molecule has 1 aliphatic heterocycles. The largest absolute Gasteiger partial charge is 0.489 e. The molecule has 10 heteroatoms. The Morgan fingerprint density at radius 1 is 1.16 bits per heavy atom. The molecule has 0 spiro atoms. The first-order chi connectivity index (χ1) is 14.8. The number of carboxylic acid groups (broad SMARTS) is 2. The maximum atomic E-state index is 13.0. The van der Waals surface area contributed by atoms with Crippen LogP contribution in [0.1, 0.15) is 39.0 Å². The molecule has 10 nitrogen and oxygen atoms in total. The average Bonchev–Trinajstić information content (AvgIpc) is 2.83. The molecule has 0 saturated carbocycles. The molecule has 170 valence electrons. The molecule has 2 rings (SSSR count). The number of nitrogens with zero attached hydrogens (tertiary/aromatic N) is 1. The van der Waals surface area contributed by atoms with Crippen molar-refractivity contribution in [2.75, 3.05) is 24.6 Å². The predicted octanol–water partition coefficient (Wildman–Crippen LogP) is 0.995. The lowest BCUT2D eigenvalue weighted by Gasteiger charge is -2.25. The number of unbranched alkanes of at least 4 members (excludes halogenated alkanes) is 3. The summed E-state index contributed by atoms with van der Waals surface area (Å²) in [5.41, 5.74) is 0.338. The maximum Gasteiger partial charge on any atom is 0.323 e. The maximum absolute atomic E-state index is 13.0. The highest BCUT2D eigenvalue weighted by Gasteiger charge is 2.35. The fraction of sp³-hybridized carbons (Fsp3) is 0.524. The molecular formula is C21H29N3O7. The first kappa shape index (κ1) is 24.1. The Hall–Kier alpha value is -3.14. The van der Waals surface area contributed by atoms with Gasteiger partial charge in [-0.15, -0.1) is 0 Å². The third-order valence-corrected chi connectivity index (χ3v) is 4.91. The third kappa shape index (κ3) is 7.56. The number of anilines is 1. The topological polar surface area (TPSA) is 145 Å². The number of amides is 2. The highest BCUT2D eigenvalue weighted by Crippen LogP contribution is 2.31. The lowest BCUT2D eigenvalue weighted by Crippen LogP contribution is -2.54. The van der Waals surface area contributed by atoms with Crippen LogP contribution in [0.15, 0.2) is 24.3 Å². The van der Waals surface area contributed by atoms with Crippen LogP contribution in [0.2, 0.25) is 0 Å². The van der Waals surface area contributed by atoms with Crippen molar-refractivity contribution < 1.29 is 34.1 Å². The van der Waals surface area contributed by atoms with Crippen LogP contribution in [0.4, 0.5) is 5.69 Å². The van der Waals surface area contributed by atoms with Crippen molar-refractivity contribution in [3.05, 3.63) is 24.3 Å². The van der Waals surface area contributed by atoms with Crippen LogP contribution in [0.5, 0.6) is 5.75 Å². The summed E-state index contributed by atoms with van der Waals surface area (Å²) >= 11 is 0. The van der Waals surface area contributed by atoms with E-state index < -0.39 is 36.5 Å². The molecule has 0 fully saturated rings. The summed E-state index contributed by atoms with van der Waals surface area (Å²) in [6.45, 7) is 1.39. The zero-order chi connectivity index (χ0) is 22.8. The molecule has 1 aromatic carbocycles. The van der Waals surface area contributed by atoms with Crippen LogP contribution in [0, 0.1) is 0 Å². The van der Waals surface area contributed by atoms with Crippen LogP contribution < -0.4 is 20.3 Å². The zero-order valence-corrected chi connectivity index (χ0v) is 17.5. The summed E-state index contributed by atoms with van der Waals surface area (Å²) in [5.74, 6) is -2.53. The summed E-state index contributed by atoms with van der Waals surface area (Å²) in [4.78, 5) is 47.9. The van der Waals surface area contributed by atoms with Gasteiger partial charge in [0.2, 0.25) is 11.8 Å². The number of hydrogen-bond donors (Lipinski definition) is 4. The number of rotatable bonds is 12. The van der Waals surface area contributed by atoms with Crippen molar-refractivity contribution in [3.63, 3.8) is 0 Å². The van der Waals surface area contributed by atoms with Gasteiger partial charge in [0, 0.05) is 13.5 Å². The van der Waals surface area contributed by atoms with Crippen molar-refractivity contribution >= 4 is 29.4 Å². The fourth-order valence-corrected chi connectivity index (χ4v) is 3.38. The van der Waals surface area contributed by atoms with Crippen LogP contribution in [-0.4, -0.2) is 65.7 Å². The van der Waals surface area contributed by atoms with Gasteiger partial charge < -0.3 is 20.3 Å². The number of nitrogens with one attached hydrogen (secondary N) is 2. The van der Waals surface area contributed by atoms with E-state index >= 15 is 0 Å². The fourth-order valence-electron chi connectivity index (χ4n) is 3.38. The van der Waals surface area contributed by atoms with E-state index in [2.05, 4.69) is 10.6 Å². The number of carbonyl (C=O) groups excluding carboxylic acids is 2. The van der Waals surface area contributed by atoms with Gasteiger partial charge in [-0.05, 0) is 25.0 Å². The van der Waals surface area contributed by atoms with Gasteiger partial charge in [0.05, 0.1) is 5.69 Å². The predicted molar refractivity (Wildman–Crippen MR) is 112 cm³/mol. The quantitative estimate of drug-likeness (QED) is 0.356. The van der Waals surface area contributed by atoms with Crippen molar-refractivity contribution in [3.8, 4) is 5.75 Å². The highest BCUT2D eigenvalue weighted by molar-refractivity contribution is 6.02. The van der Waals surface area contributed by atoms with E-state index in [0.717, 1.165) is 24.2 Å². The Morgan fingerprint density at radius 2 is 1.87 bits per heavy atom. The Bertz CT molecular complexity index is 799. The number of ether oxygens (including phenoxy) is 1. The number of para-hydroxylation sites is 2. The monoisotopic (exact) mass is 435 g/mol. The molecule has 1 unspecified atom stereocenters. The SMILES string of the molecule is CC(=O)NCCCCCCC(N[C@H]1COc2ccccc2N(CC(=O)O)C1=O)C(=O)O. The standard InChI is InChI=1S/C21H29N3O7/c1-14(25)22-11-7-3-2-4-8-15(21(29)30)23-16-13-31-18-10-6-5-9-17(18)24(20(16)28)12-19(26)27/h5-6,9-10,15-16,23H,2-4,7-8,11-13H2,1H3,(H,22,25)(H,26,27)(H,29,30)/t15?,16-/m0/s1. The smallest absolute Gasteiger partial charge is 0.323 e. The Balaban J connectivity index is 1.96. The molecular weight excluding hydrogens is 406 g/mol. The molecule has 1 heterocycles. The Kier molecular flexibility index (Phi) is 9.26. The molecule has 0 bridgehead atoms. The first-order valence-corrected chi connectivity index (χ1v) is 10.3. The zero-order valence-electron chi connectivity index (χ0n) is 17.5. The summed E-state index contributed by atoms with van der Waals surface area (Å²) in [6.07, 6.45) is 3.38. The normalized spacial score (nSPS) is 16.6. The number of hydrogen-bond acceptors (Lipinski definition) is 6. The van der Waals surface area contributed by atoms with E-state index in [1.807, 2.05) is 0 Å². The van der Waals surface area contributed by atoms with E-state index in [1.54, 1.807) is 24.3 Å². The van der Waals surface area contributed by atoms with Crippen molar-refractivity contribution in [2.24, 2.45) is 0 Å². The molecule has 0 aliphatic carbocycles. The van der Waals surface area contributed by atoms with E-state index in [4.69, 9.17) is 4.74 Å². The minimum absolute atomic E-state index is 0.0791. The Labute approximate surface area is 180 Å². The summed E-state index contributed by atoms with van der Waals surface area (Å²) in [7, 11) is 0. The number of carbonyl (C=O) groups is 4. The van der Waals surface area contributed by atoms with E-state index in [9.17, 15) is 29.4 Å². The lowest BCUT2D eigenvalue weighted by molar-refractivity contribution is -0.141. The molecule has 1 aliphatic rings. The van der Waals surface area contributed by atoms with Gasteiger partial charge >= 0.3 is 11.9 Å². The molecule has 1 aromatic rings. The number of aliphatic carboxylic acids is 2. The van der Waals surface area contributed by atoms with Crippen LogP contribution in [-0.2, 0) is 19.2 Å².